The lowest BCUT2D eigenvalue weighted by atomic mass is 10.1. The molecule has 1 fully saturated rings. The van der Waals surface area contributed by atoms with Crippen LogP contribution < -0.4 is 10.2 Å². The zero-order valence-electron chi connectivity index (χ0n) is 21.1. The second kappa shape index (κ2) is 9.90. The highest BCUT2D eigenvalue weighted by atomic mass is 19.4. The number of fused-ring (bicyclic) bond motifs is 1. The van der Waals surface area contributed by atoms with Crippen molar-refractivity contribution >= 4 is 22.8 Å². The number of anilines is 2. The van der Waals surface area contributed by atoms with Gasteiger partial charge in [0.05, 0.1) is 29.1 Å². The summed E-state index contributed by atoms with van der Waals surface area (Å²) in [4.78, 5) is 24.6. The smallest absolute Gasteiger partial charge is 0.355 e. The van der Waals surface area contributed by atoms with E-state index >= 15 is 0 Å². The fourth-order valence-electron chi connectivity index (χ4n) is 4.58. The monoisotopic (exact) mass is 521 g/mol. The fourth-order valence-corrected chi connectivity index (χ4v) is 4.58. The lowest BCUT2D eigenvalue weighted by molar-refractivity contribution is -0.137. The molecule has 0 bridgehead atoms. The third-order valence-corrected chi connectivity index (χ3v) is 6.86. The van der Waals surface area contributed by atoms with Crippen LogP contribution in [0.1, 0.15) is 36.1 Å². The highest BCUT2D eigenvalue weighted by molar-refractivity contribution is 5.94. The van der Waals surface area contributed by atoms with Gasteiger partial charge in [-0.2, -0.15) is 18.4 Å². The lowest BCUT2D eigenvalue weighted by Gasteiger charge is -2.21. The maximum atomic E-state index is 13.3. The van der Waals surface area contributed by atoms with Gasteiger partial charge in [-0.25, -0.2) is 19.9 Å². The molecule has 9 nitrogen and oxygen atoms in total. The van der Waals surface area contributed by atoms with Gasteiger partial charge in [-0.1, -0.05) is 6.07 Å². The van der Waals surface area contributed by atoms with E-state index < -0.39 is 11.7 Å². The summed E-state index contributed by atoms with van der Waals surface area (Å²) in [5, 5.41) is 13.0. The molecule has 2 N–H and O–H groups in total. The van der Waals surface area contributed by atoms with Gasteiger partial charge >= 0.3 is 6.18 Å². The minimum absolute atomic E-state index is 0.133. The van der Waals surface area contributed by atoms with E-state index in [1.165, 1.54) is 12.4 Å². The normalized spacial score (nSPS) is 16.7. The molecule has 1 aliphatic heterocycles. The number of nitrogens with one attached hydrogen (secondary N) is 2. The standard InChI is InChI=1S/C26H26F3N9/c1-15(16-4-5-22(31-10-16)38-7-6-19(14-38)37(2)3)35-25-34-11-17(9-30)23(36-25)21-13-33-24-20(21)8-18(12-32-24)26(27,28)29/h4-5,8,10-13,15,19H,6-7,14H2,1-3H3,(H,32,33)(H,34,35,36)/t15-,19+/m1/s1. The summed E-state index contributed by atoms with van der Waals surface area (Å²) >= 11 is 0. The van der Waals surface area contributed by atoms with Gasteiger partial charge in [-0.3, -0.25) is 0 Å². The second-order valence-electron chi connectivity index (χ2n) is 9.56. The molecule has 2 atom stereocenters. The molecule has 12 heteroatoms. The number of nitriles is 1. The number of hydrogen-bond acceptors (Lipinski definition) is 8. The van der Waals surface area contributed by atoms with Crippen molar-refractivity contribution in [3.63, 3.8) is 0 Å². The summed E-state index contributed by atoms with van der Waals surface area (Å²) in [6.07, 6.45) is 1.98. The first-order valence-corrected chi connectivity index (χ1v) is 12.1. The van der Waals surface area contributed by atoms with Crippen LogP contribution in [0.25, 0.3) is 22.3 Å². The molecule has 0 aliphatic carbocycles. The number of likely N-dealkylation sites (N-methyl/N-ethyl adjacent to an activating group) is 1. The van der Waals surface area contributed by atoms with Gasteiger partial charge < -0.3 is 20.1 Å². The Morgan fingerprint density at radius 2 is 2.00 bits per heavy atom. The van der Waals surface area contributed by atoms with Gasteiger partial charge in [0, 0.05) is 48.7 Å². The lowest BCUT2D eigenvalue weighted by Crippen LogP contribution is -2.31. The van der Waals surface area contributed by atoms with Crippen molar-refractivity contribution in [2.24, 2.45) is 0 Å². The Kier molecular flexibility index (Phi) is 6.62. The van der Waals surface area contributed by atoms with Crippen LogP contribution in [0.2, 0.25) is 0 Å². The quantitative estimate of drug-likeness (QED) is 0.378. The number of H-pyrrole nitrogens is 1. The van der Waals surface area contributed by atoms with Crippen LogP contribution in [0.15, 0.2) is 43.0 Å². The van der Waals surface area contributed by atoms with Crippen molar-refractivity contribution in [1.29, 1.82) is 5.26 Å². The Labute approximate surface area is 217 Å². The van der Waals surface area contributed by atoms with Crippen molar-refractivity contribution in [3.05, 3.63) is 59.7 Å². The van der Waals surface area contributed by atoms with E-state index in [0.29, 0.717) is 11.6 Å². The summed E-state index contributed by atoms with van der Waals surface area (Å²) in [6, 6.07) is 7.31. The highest BCUT2D eigenvalue weighted by Gasteiger charge is 2.32. The SMILES string of the molecule is C[C@@H](Nc1ncc(C#N)c(-c2c[nH]c3ncc(C(F)(F)F)cc23)n1)c1ccc(N2CC[C@H](N(C)C)C2)nc1. The van der Waals surface area contributed by atoms with Crippen LogP contribution in [0.4, 0.5) is 24.9 Å². The first kappa shape index (κ1) is 25.4. The largest absolute Gasteiger partial charge is 0.417 e. The highest BCUT2D eigenvalue weighted by Crippen LogP contribution is 2.35. The van der Waals surface area contributed by atoms with Crippen molar-refractivity contribution in [3.8, 4) is 17.3 Å². The number of nitrogens with zero attached hydrogens (tertiary/aromatic N) is 7. The van der Waals surface area contributed by atoms with Crippen molar-refractivity contribution < 1.29 is 13.2 Å². The maximum absolute atomic E-state index is 13.3. The maximum Gasteiger partial charge on any atom is 0.417 e. The molecule has 196 valence electrons. The van der Waals surface area contributed by atoms with Gasteiger partial charge in [-0.05, 0) is 45.1 Å². The first-order chi connectivity index (χ1) is 18.1. The first-order valence-electron chi connectivity index (χ1n) is 12.1. The van der Waals surface area contributed by atoms with Crippen LogP contribution >= 0.6 is 0 Å². The Morgan fingerprint density at radius 3 is 2.66 bits per heavy atom. The van der Waals surface area contributed by atoms with Crippen LogP contribution in [0.5, 0.6) is 0 Å². The van der Waals surface area contributed by atoms with Crippen molar-refractivity contribution in [2.75, 3.05) is 37.4 Å². The van der Waals surface area contributed by atoms with E-state index in [0.717, 1.165) is 43.2 Å². The molecule has 0 radical (unpaired) electrons. The fraction of sp³-hybridized carbons (Fsp3) is 0.346. The van der Waals surface area contributed by atoms with E-state index in [-0.39, 0.29) is 34.3 Å². The average molecular weight is 522 g/mol. The molecule has 5 heterocycles. The number of pyridine rings is 2. The molecule has 38 heavy (non-hydrogen) atoms. The van der Waals surface area contributed by atoms with E-state index in [2.05, 4.69) is 54.1 Å². The van der Waals surface area contributed by atoms with Crippen LogP contribution in [-0.4, -0.2) is 63.0 Å². The summed E-state index contributed by atoms with van der Waals surface area (Å²) in [5.74, 6) is 1.16. The van der Waals surface area contributed by atoms with E-state index in [1.54, 1.807) is 0 Å². The number of halogens is 3. The van der Waals surface area contributed by atoms with Gasteiger partial charge in [0.2, 0.25) is 5.95 Å². The number of aromatic nitrogens is 5. The number of hydrogen-bond donors (Lipinski definition) is 2. The molecule has 1 aliphatic rings. The average Bonchev–Trinajstić information content (AvgIpc) is 3.56. The predicted molar refractivity (Wildman–Crippen MR) is 137 cm³/mol. The van der Waals surface area contributed by atoms with E-state index in [4.69, 9.17) is 0 Å². The molecule has 0 amide bonds. The Balaban J connectivity index is 1.38. The molecule has 0 saturated carbocycles. The molecule has 0 aromatic carbocycles. The second-order valence-corrected chi connectivity index (χ2v) is 9.56. The Hall–Kier alpha value is -4.24. The van der Waals surface area contributed by atoms with Gasteiger partial charge in [0.25, 0.3) is 0 Å². The molecule has 1 saturated heterocycles. The predicted octanol–water partition coefficient (Wildman–Crippen LogP) is 4.62. The number of alkyl halides is 3. The Morgan fingerprint density at radius 1 is 1.18 bits per heavy atom. The topological polar surface area (TPSA) is 110 Å². The van der Waals surface area contributed by atoms with Gasteiger partial charge in [0.15, 0.2) is 0 Å². The van der Waals surface area contributed by atoms with Gasteiger partial charge in [0.1, 0.15) is 17.5 Å². The van der Waals surface area contributed by atoms with Crippen molar-refractivity contribution in [2.45, 2.75) is 31.6 Å². The molecule has 0 spiro atoms. The molecule has 4 aromatic rings. The van der Waals surface area contributed by atoms with Crippen LogP contribution in [0, 0.1) is 11.3 Å². The number of rotatable bonds is 6. The number of aromatic amines is 1. The van der Waals surface area contributed by atoms with Crippen LogP contribution in [-0.2, 0) is 6.18 Å². The molecule has 4 aromatic heterocycles. The third kappa shape index (κ3) is 4.97. The summed E-state index contributed by atoms with van der Waals surface area (Å²) in [5.41, 5.74) is 0.974. The minimum Gasteiger partial charge on any atom is -0.355 e. The zero-order chi connectivity index (χ0) is 27.0. The minimum atomic E-state index is -4.55. The summed E-state index contributed by atoms with van der Waals surface area (Å²) in [7, 11) is 4.17. The molecule has 5 rings (SSSR count). The van der Waals surface area contributed by atoms with Crippen LogP contribution in [0.3, 0.4) is 0 Å². The molecule has 0 unspecified atom stereocenters. The third-order valence-electron chi connectivity index (χ3n) is 6.86. The van der Waals surface area contributed by atoms with E-state index in [9.17, 15) is 18.4 Å². The zero-order valence-corrected chi connectivity index (χ0v) is 21.1. The van der Waals surface area contributed by atoms with Gasteiger partial charge in [-0.15, -0.1) is 0 Å². The van der Waals surface area contributed by atoms with Crippen molar-refractivity contribution in [1.82, 2.24) is 29.8 Å². The molecular weight excluding hydrogens is 495 g/mol. The summed E-state index contributed by atoms with van der Waals surface area (Å²) < 4.78 is 39.9. The summed E-state index contributed by atoms with van der Waals surface area (Å²) in [6.45, 7) is 3.82. The molecular formula is C26H26F3N9. The Bertz CT molecular complexity index is 1490. The van der Waals surface area contributed by atoms with E-state index in [1.807, 2.05) is 31.3 Å².